The summed E-state index contributed by atoms with van der Waals surface area (Å²) in [4.78, 5) is 79.0. The van der Waals surface area contributed by atoms with Gasteiger partial charge in [-0.25, -0.2) is 4.79 Å². The first-order valence-corrected chi connectivity index (χ1v) is 18.0. The molecular weight excluding hydrogens is 628 g/mol. The summed E-state index contributed by atoms with van der Waals surface area (Å²) in [6.07, 6.45) is 1.79. The predicted octanol–water partition coefficient (Wildman–Crippen LogP) is 3.10. The van der Waals surface area contributed by atoms with Gasteiger partial charge in [-0.05, 0) is 74.0 Å². The first-order valence-electron chi connectivity index (χ1n) is 18.0. The van der Waals surface area contributed by atoms with Crippen molar-refractivity contribution in [2.75, 3.05) is 0 Å². The molecule has 0 saturated heterocycles. The van der Waals surface area contributed by atoms with Gasteiger partial charge in [0, 0.05) is 0 Å². The van der Waals surface area contributed by atoms with Crippen LogP contribution in [0.25, 0.3) is 0 Å². The van der Waals surface area contributed by atoms with E-state index in [1.54, 1.807) is 0 Å². The van der Waals surface area contributed by atoms with Crippen LogP contribution in [-0.4, -0.2) is 76.9 Å². The molecule has 13 heteroatoms. The van der Waals surface area contributed by atoms with Crippen LogP contribution in [-0.2, 0) is 28.8 Å². The Bertz CT molecular complexity index is 1080. The van der Waals surface area contributed by atoms with E-state index in [1.807, 2.05) is 83.1 Å². The molecule has 0 saturated carbocycles. The number of carbonyl (C=O) groups is 6. The summed E-state index contributed by atoms with van der Waals surface area (Å²) in [7, 11) is 0. The lowest BCUT2D eigenvalue weighted by Crippen LogP contribution is -2.59. The maximum absolute atomic E-state index is 13.8. The van der Waals surface area contributed by atoms with Crippen molar-refractivity contribution in [2.45, 2.75) is 158 Å². The molecule has 0 unspecified atom stereocenters. The normalized spacial score (nSPS) is 15.5. The highest BCUT2D eigenvalue weighted by Crippen LogP contribution is 2.14. The molecule has 0 fully saturated rings. The Balaban J connectivity index is 6.13. The fourth-order valence-electron chi connectivity index (χ4n) is 5.49. The Morgan fingerprint density at radius 2 is 0.592 bits per heavy atom. The molecule has 8 N–H and O–H groups in total. The molecule has 0 heterocycles. The number of amides is 5. The van der Waals surface area contributed by atoms with Gasteiger partial charge in [-0.1, -0.05) is 83.1 Å². The predicted molar refractivity (Wildman–Crippen MR) is 192 cm³/mol. The van der Waals surface area contributed by atoms with Gasteiger partial charge in [-0.3, -0.25) is 24.0 Å². The summed E-state index contributed by atoms with van der Waals surface area (Å²) in [5.41, 5.74) is 6.07. The van der Waals surface area contributed by atoms with Crippen LogP contribution < -0.4 is 32.3 Å². The molecular formula is C36H68N6O7. The minimum Gasteiger partial charge on any atom is -0.480 e. The standard InChI is InChI=1S/C36H68N6O7/c1-19(2)13-25(37)31(43)38-26(14-20(3)4)32(44)39-27(15-21(5)6)33(45)40-28(16-22(7)8)34(46)41-29(17-23(9)10)35(47)42-30(36(48)49)18-24(11)12/h19-30H,13-18,37H2,1-12H3,(H,38,43)(H,39,44)(H,40,45)(H,41,46)(H,42,47)(H,48,49)/t25-,26-,27-,28-,29-,30-/m0/s1. The van der Waals surface area contributed by atoms with E-state index in [0.717, 1.165) is 0 Å². The van der Waals surface area contributed by atoms with E-state index in [1.165, 1.54) is 0 Å². The Morgan fingerprint density at radius 3 is 0.816 bits per heavy atom. The van der Waals surface area contributed by atoms with Gasteiger partial charge in [-0.2, -0.15) is 0 Å². The third kappa shape index (κ3) is 19.5. The minimum absolute atomic E-state index is 0.00170. The van der Waals surface area contributed by atoms with Crippen molar-refractivity contribution in [3.63, 3.8) is 0 Å². The zero-order valence-electron chi connectivity index (χ0n) is 32.1. The van der Waals surface area contributed by atoms with Crippen molar-refractivity contribution in [3.8, 4) is 0 Å². The van der Waals surface area contributed by atoms with Gasteiger partial charge < -0.3 is 37.4 Å². The van der Waals surface area contributed by atoms with Crippen LogP contribution in [0.2, 0.25) is 0 Å². The number of carbonyl (C=O) groups excluding carboxylic acids is 5. The molecule has 0 bridgehead atoms. The molecule has 0 radical (unpaired) electrons. The number of carboxylic acids is 1. The number of carboxylic acid groups (broad SMARTS) is 1. The van der Waals surface area contributed by atoms with E-state index in [4.69, 9.17) is 5.73 Å². The van der Waals surface area contributed by atoms with Gasteiger partial charge in [0.2, 0.25) is 29.5 Å². The number of hydrogen-bond donors (Lipinski definition) is 7. The van der Waals surface area contributed by atoms with Gasteiger partial charge in [0.15, 0.2) is 0 Å². The van der Waals surface area contributed by atoms with E-state index in [2.05, 4.69) is 26.6 Å². The third-order valence-corrected chi connectivity index (χ3v) is 7.74. The van der Waals surface area contributed by atoms with Crippen molar-refractivity contribution >= 4 is 35.5 Å². The zero-order chi connectivity index (χ0) is 38.2. The lowest BCUT2D eigenvalue weighted by atomic mass is 9.97. The quantitative estimate of drug-likeness (QED) is 0.0842. The average Bonchev–Trinajstić information content (AvgIpc) is 2.93. The maximum atomic E-state index is 13.8. The van der Waals surface area contributed by atoms with Crippen LogP contribution in [0, 0.1) is 35.5 Å². The van der Waals surface area contributed by atoms with Gasteiger partial charge >= 0.3 is 5.97 Å². The lowest BCUT2D eigenvalue weighted by Gasteiger charge is -2.29. The first kappa shape index (κ1) is 45.8. The first-order chi connectivity index (χ1) is 22.5. The monoisotopic (exact) mass is 697 g/mol. The maximum Gasteiger partial charge on any atom is 0.326 e. The molecule has 284 valence electrons. The second-order valence-corrected chi connectivity index (χ2v) is 16.0. The summed E-state index contributed by atoms with van der Waals surface area (Å²) < 4.78 is 0. The van der Waals surface area contributed by atoms with Crippen molar-refractivity contribution in [1.29, 1.82) is 0 Å². The number of aliphatic carboxylic acids is 1. The summed E-state index contributed by atoms with van der Waals surface area (Å²) in [6, 6.07) is -5.87. The smallest absolute Gasteiger partial charge is 0.326 e. The van der Waals surface area contributed by atoms with E-state index in [9.17, 15) is 33.9 Å². The fourth-order valence-corrected chi connectivity index (χ4v) is 5.49. The van der Waals surface area contributed by atoms with Crippen LogP contribution in [0.5, 0.6) is 0 Å². The molecule has 0 rings (SSSR count). The zero-order valence-corrected chi connectivity index (χ0v) is 32.1. The SMILES string of the molecule is CC(C)C[C@H](NC(=O)[C@H](CC(C)C)NC(=O)[C@H](CC(C)C)NC(=O)[C@H](CC(C)C)NC(=O)[C@H](CC(C)C)NC(=O)[C@@H](N)CC(C)C)C(=O)O. The Hall–Kier alpha value is -3.22. The Kier molecular flexibility index (Phi) is 21.0. The van der Waals surface area contributed by atoms with Gasteiger partial charge in [0.1, 0.15) is 30.2 Å². The summed E-state index contributed by atoms with van der Waals surface area (Å²) in [6.45, 7) is 22.8. The molecule has 5 amide bonds. The lowest BCUT2D eigenvalue weighted by molar-refractivity contribution is -0.143. The molecule has 0 aliphatic carbocycles. The summed E-state index contributed by atoms with van der Waals surface area (Å²) in [5, 5.41) is 23.4. The van der Waals surface area contributed by atoms with E-state index in [-0.39, 0.29) is 61.2 Å². The van der Waals surface area contributed by atoms with Crippen molar-refractivity contribution in [3.05, 3.63) is 0 Å². The van der Waals surface area contributed by atoms with Crippen LogP contribution >= 0.6 is 0 Å². The molecule has 0 spiro atoms. The van der Waals surface area contributed by atoms with E-state index < -0.39 is 71.8 Å². The molecule has 0 aromatic rings. The second kappa shape index (κ2) is 22.5. The summed E-state index contributed by atoms with van der Waals surface area (Å²) >= 11 is 0. The topological polar surface area (TPSA) is 209 Å². The molecule has 0 aliphatic heterocycles. The summed E-state index contributed by atoms with van der Waals surface area (Å²) in [5.74, 6) is -3.65. The number of hydrogen-bond acceptors (Lipinski definition) is 7. The van der Waals surface area contributed by atoms with Crippen LogP contribution in [0.15, 0.2) is 0 Å². The van der Waals surface area contributed by atoms with E-state index in [0.29, 0.717) is 12.8 Å². The van der Waals surface area contributed by atoms with Crippen molar-refractivity contribution in [2.24, 2.45) is 41.2 Å². The highest BCUT2D eigenvalue weighted by atomic mass is 16.4. The van der Waals surface area contributed by atoms with Crippen LogP contribution in [0.1, 0.15) is 122 Å². The third-order valence-electron chi connectivity index (χ3n) is 7.74. The highest BCUT2D eigenvalue weighted by Gasteiger charge is 2.34. The second-order valence-electron chi connectivity index (χ2n) is 16.0. The molecule has 0 aromatic carbocycles. The molecule has 49 heavy (non-hydrogen) atoms. The number of rotatable bonds is 23. The number of nitrogens with one attached hydrogen (secondary N) is 5. The van der Waals surface area contributed by atoms with Crippen LogP contribution in [0.3, 0.4) is 0 Å². The van der Waals surface area contributed by atoms with Gasteiger partial charge in [-0.15, -0.1) is 0 Å². The van der Waals surface area contributed by atoms with Crippen LogP contribution in [0.4, 0.5) is 0 Å². The Morgan fingerprint density at radius 1 is 0.388 bits per heavy atom. The molecule has 0 aromatic heterocycles. The highest BCUT2D eigenvalue weighted by molar-refractivity contribution is 5.96. The number of nitrogens with two attached hydrogens (primary N) is 1. The molecule has 6 atom stereocenters. The van der Waals surface area contributed by atoms with E-state index >= 15 is 0 Å². The molecule has 0 aliphatic rings. The average molecular weight is 697 g/mol. The molecule has 13 nitrogen and oxygen atoms in total. The minimum atomic E-state index is -1.16. The van der Waals surface area contributed by atoms with Gasteiger partial charge in [0.05, 0.1) is 6.04 Å². The van der Waals surface area contributed by atoms with Crippen molar-refractivity contribution in [1.82, 2.24) is 26.6 Å². The van der Waals surface area contributed by atoms with Gasteiger partial charge in [0.25, 0.3) is 0 Å². The fraction of sp³-hybridized carbons (Fsp3) is 0.833. The van der Waals surface area contributed by atoms with Crippen molar-refractivity contribution < 1.29 is 33.9 Å². The Labute approximate surface area is 294 Å². The largest absolute Gasteiger partial charge is 0.480 e.